The minimum atomic E-state index is -3.83. The van der Waals surface area contributed by atoms with Gasteiger partial charge in [-0.1, -0.05) is 23.7 Å². The molecule has 0 unspecified atom stereocenters. The highest BCUT2D eigenvalue weighted by atomic mass is 35.5. The average Bonchev–Trinajstić information content (AvgIpc) is 3.26. The predicted molar refractivity (Wildman–Crippen MR) is 121 cm³/mol. The van der Waals surface area contributed by atoms with Gasteiger partial charge in [0.05, 0.1) is 35.0 Å². The Morgan fingerprint density at radius 1 is 1.24 bits per heavy atom. The molecule has 4 rings (SSSR count). The van der Waals surface area contributed by atoms with Gasteiger partial charge in [-0.25, -0.2) is 8.42 Å². The number of hydrogen-bond donors (Lipinski definition) is 1. The summed E-state index contributed by atoms with van der Waals surface area (Å²) in [6.07, 6.45) is 0. The van der Waals surface area contributed by atoms with Crippen molar-refractivity contribution < 1.29 is 17.6 Å². The van der Waals surface area contributed by atoms with Gasteiger partial charge < -0.3 is 15.1 Å². The highest BCUT2D eigenvalue weighted by molar-refractivity contribution is 7.91. The predicted octanol–water partition coefficient (Wildman–Crippen LogP) is 2.84. The smallest absolute Gasteiger partial charge is 0.247 e. The highest BCUT2D eigenvalue weighted by Gasteiger charge is 2.36. The Hall–Kier alpha value is -3.26. The van der Waals surface area contributed by atoms with Crippen LogP contribution in [0.5, 0.6) is 0 Å². The van der Waals surface area contributed by atoms with Gasteiger partial charge in [-0.05, 0) is 49.7 Å². The summed E-state index contributed by atoms with van der Waals surface area (Å²) < 4.78 is 31.6. The molecule has 0 fully saturated rings. The molecule has 170 valence electrons. The minimum Gasteiger partial charge on any atom is -0.419 e. The normalized spacial score (nSPS) is 17.8. The summed E-state index contributed by atoms with van der Waals surface area (Å²) in [6, 6.07) is 12.2. The van der Waals surface area contributed by atoms with Crippen LogP contribution < -0.4 is 10.6 Å². The lowest BCUT2D eigenvalue weighted by Crippen LogP contribution is -2.45. The van der Waals surface area contributed by atoms with E-state index in [4.69, 9.17) is 21.8 Å². The lowest BCUT2D eigenvalue weighted by molar-refractivity contribution is -0.119. The fourth-order valence-corrected chi connectivity index (χ4v) is 5.10. The van der Waals surface area contributed by atoms with Crippen LogP contribution in [0.2, 0.25) is 5.02 Å². The fourth-order valence-electron chi connectivity index (χ4n) is 3.42. The van der Waals surface area contributed by atoms with Crippen molar-refractivity contribution in [3.63, 3.8) is 0 Å². The summed E-state index contributed by atoms with van der Waals surface area (Å²) in [5.41, 5.74) is 6.27. The van der Waals surface area contributed by atoms with E-state index in [0.717, 1.165) is 5.56 Å². The second kappa shape index (κ2) is 8.26. The number of benzene rings is 2. The van der Waals surface area contributed by atoms with Crippen molar-refractivity contribution in [1.82, 2.24) is 10.2 Å². The number of carbonyl (C=O) groups is 1. The second-order valence-electron chi connectivity index (χ2n) is 8.27. The number of nitrogens with two attached hydrogens (primary N) is 1. The zero-order valence-electron chi connectivity index (χ0n) is 17.8. The van der Waals surface area contributed by atoms with E-state index in [1.807, 2.05) is 0 Å². The Bertz CT molecular complexity index is 1380. The van der Waals surface area contributed by atoms with Gasteiger partial charge in [0.25, 0.3) is 0 Å². The van der Waals surface area contributed by atoms with Crippen LogP contribution in [0.25, 0.3) is 11.5 Å². The number of sulfone groups is 1. The van der Waals surface area contributed by atoms with Gasteiger partial charge in [-0.15, -0.1) is 10.2 Å². The standard InChI is InChI=1S/C22H20ClN5O4S/c1-22(2,12-24)21-27-26-19(32-21)14-5-8-18-17(9-14)28(10-13-3-6-15(23)7-4-13)20(29)16(25)11-33(18,30)31/h3-9,16H,10-11,25H2,1-2H3/t16-/m0/s1. The van der Waals surface area contributed by atoms with Crippen LogP contribution in [0, 0.1) is 11.3 Å². The molecule has 0 aliphatic carbocycles. The van der Waals surface area contributed by atoms with E-state index in [1.54, 1.807) is 38.1 Å². The molecule has 3 aromatic rings. The molecule has 2 N–H and O–H groups in total. The van der Waals surface area contributed by atoms with Crippen LogP contribution in [-0.4, -0.2) is 36.3 Å². The Labute approximate surface area is 195 Å². The van der Waals surface area contributed by atoms with E-state index in [1.165, 1.54) is 23.1 Å². The van der Waals surface area contributed by atoms with Gasteiger partial charge in [0.1, 0.15) is 5.41 Å². The number of anilines is 1. The van der Waals surface area contributed by atoms with Gasteiger partial charge in [-0.3, -0.25) is 4.79 Å². The third kappa shape index (κ3) is 4.35. The van der Waals surface area contributed by atoms with E-state index in [2.05, 4.69) is 16.3 Å². The Kier molecular flexibility index (Phi) is 5.74. The Balaban J connectivity index is 1.84. The minimum absolute atomic E-state index is 0.0152. The SMILES string of the molecule is CC(C)(C#N)c1nnc(-c2ccc3c(c2)N(Cc2ccc(Cl)cc2)C(=O)[C@@H](N)CS3(=O)=O)o1. The first kappa shape index (κ1) is 22.9. The third-order valence-electron chi connectivity index (χ3n) is 5.31. The fraction of sp³-hybridized carbons (Fsp3) is 0.273. The van der Waals surface area contributed by atoms with E-state index < -0.39 is 33.0 Å². The molecule has 1 aromatic heterocycles. The van der Waals surface area contributed by atoms with Gasteiger partial charge in [0, 0.05) is 10.6 Å². The molecule has 1 aliphatic heterocycles. The number of carbonyl (C=O) groups excluding carboxylic acids is 1. The zero-order chi connectivity index (χ0) is 24.0. The third-order valence-corrected chi connectivity index (χ3v) is 7.37. The molecule has 1 amide bonds. The van der Waals surface area contributed by atoms with Crippen LogP contribution in [0.1, 0.15) is 25.3 Å². The summed E-state index contributed by atoms with van der Waals surface area (Å²) in [5.74, 6) is -0.808. The number of nitrogens with zero attached hydrogens (tertiary/aromatic N) is 4. The molecule has 1 aliphatic rings. The monoisotopic (exact) mass is 485 g/mol. The van der Waals surface area contributed by atoms with Crippen LogP contribution in [0.4, 0.5) is 5.69 Å². The molecular formula is C22H20ClN5O4S. The molecule has 0 saturated carbocycles. The number of fused-ring (bicyclic) bond motifs is 1. The number of hydrogen-bond acceptors (Lipinski definition) is 8. The summed E-state index contributed by atoms with van der Waals surface area (Å²) in [4.78, 5) is 14.4. The van der Waals surface area contributed by atoms with Crippen molar-refractivity contribution in [1.29, 1.82) is 5.26 Å². The maximum absolute atomic E-state index is 13.1. The van der Waals surface area contributed by atoms with Gasteiger partial charge >= 0.3 is 0 Å². The Morgan fingerprint density at radius 3 is 2.61 bits per heavy atom. The summed E-state index contributed by atoms with van der Waals surface area (Å²) in [5, 5.41) is 17.8. The van der Waals surface area contributed by atoms with Crippen molar-refractivity contribution in [3.05, 3.63) is 58.9 Å². The zero-order valence-corrected chi connectivity index (χ0v) is 19.4. The average molecular weight is 486 g/mol. The maximum atomic E-state index is 13.1. The lowest BCUT2D eigenvalue weighted by atomic mass is 9.96. The lowest BCUT2D eigenvalue weighted by Gasteiger charge is -2.24. The second-order valence-corrected chi connectivity index (χ2v) is 10.7. The van der Waals surface area contributed by atoms with Crippen molar-refractivity contribution >= 4 is 33.0 Å². The van der Waals surface area contributed by atoms with Crippen molar-refractivity contribution in [2.75, 3.05) is 10.7 Å². The molecule has 1 atom stereocenters. The van der Waals surface area contributed by atoms with Gasteiger partial charge in [0.15, 0.2) is 9.84 Å². The number of halogens is 1. The number of aromatic nitrogens is 2. The molecule has 0 radical (unpaired) electrons. The van der Waals surface area contributed by atoms with Crippen LogP contribution in [0.3, 0.4) is 0 Å². The quantitative estimate of drug-likeness (QED) is 0.594. The molecule has 0 saturated heterocycles. The molecule has 11 heteroatoms. The summed E-state index contributed by atoms with van der Waals surface area (Å²) in [6.45, 7) is 3.37. The van der Waals surface area contributed by atoms with Gasteiger partial charge in [-0.2, -0.15) is 5.26 Å². The highest BCUT2D eigenvalue weighted by Crippen LogP contribution is 2.35. The molecule has 33 heavy (non-hydrogen) atoms. The van der Waals surface area contributed by atoms with Crippen molar-refractivity contribution in [2.45, 2.75) is 36.7 Å². The van der Waals surface area contributed by atoms with Gasteiger partial charge in [0.2, 0.25) is 17.7 Å². The topological polar surface area (TPSA) is 143 Å². The molecule has 9 nitrogen and oxygen atoms in total. The van der Waals surface area contributed by atoms with E-state index >= 15 is 0 Å². The summed E-state index contributed by atoms with van der Waals surface area (Å²) >= 11 is 5.96. The van der Waals surface area contributed by atoms with Crippen molar-refractivity contribution in [2.24, 2.45) is 5.73 Å². The van der Waals surface area contributed by atoms with E-state index in [9.17, 15) is 18.5 Å². The number of amides is 1. The number of nitriles is 1. The molecule has 0 bridgehead atoms. The largest absolute Gasteiger partial charge is 0.419 e. The van der Waals surface area contributed by atoms with E-state index in [0.29, 0.717) is 10.6 Å². The first-order valence-corrected chi connectivity index (χ1v) is 12.0. The molecule has 2 heterocycles. The summed E-state index contributed by atoms with van der Waals surface area (Å²) in [7, 11) is -3.83. The molecule has 2 aromatic carbocycles. The van der Waals surface area contributed by atoms with Crippen LogP contribution >= 0.6 is 11.6 Å². The van der Waals surface area contributed by atoms with Crippen LogP contribution in [0.15, 0.2) is 51.8 Å². The van der Waals surface area contributed by atoms with E-state index in [-0.39, 0.29) is 28.9 Å². The molecule has 0 spiro atoms. The maximum Gasteiger partial charge on any atom is 0.247 e. The number of rotatable bonds is 4. The Morgan fingerprint density at radius 2 is 1.94 bits per heavy atom. The first-order chi connectivity index (χ1) is 15.5. The van der Waals surface area contributed by atoms with Crippen LogP contribution in [-0.2, 0) is 26.6 Å². The van der Waals surface area contributed by atoms with Crippen molar-refractivity contribution in [3.8, 4) is 17.5 Å². The first-order valence-electron chi connectivity index (χ1n) is 9.95. The molecular weight excluding hydrogens is 466 g/mol.